The first kappa shape index (κ1) is 13.0. The van der Waals surface area contributed by atoms with E-state index in [-0.39, 0.29) is 6.04 Å². The van der Waals surface area contributed by atoms with E-state index >= 15 is 0 Å². The Balaban J connectivity index is 1.67. The number of hydroxylamine groups is 2. The number of carboxylic acid groups (broad SMARTS) is 1. The molecule has 106 valence electrons. The Morgan fingerprint density at radius 3 is 2.80 bits per heavy atom. The largest absolute Gasteiger partial charge is 0.480 e. The van der Waals surface area contributed by atoms with Gasteiger partial charge in [0.2, 0.25) is 0 Å². The minimum Gasteiger partial charge on any atom is -0.480 e. The van der Waals surface area contributed by atoms with E-state index in [1.165, 1.54) is 0 Å². The number of rotatable bonds is 4. The van der Waals surface area contributed by atoms with Crippen molar-refractivity contribution in [1.29, 1.82) is 0 Å². The molecular weight excluding hydrogens is 256 g/mol. The van der Waals surface area contributed by atoms with Crippen LogP contribution in [0.2, 0.25) is 0 Å². The number of aliphatic carboxylic acids is 1. The molecule has 2 atom stereocenters. The van der Waals surface area contributed by atoms with Gasteiger partial charge in [0, 0.05) is 6.54 Å². The van der Waals surface area contributed by atoms with Crippen molar-refractivity contribution in [3.8, 4) is 0 Å². The number of benzene rings is 1. The number of nitrogens with zero attached hydrogens (tertiary/aromatic N) is 2. The van der Waals surface area contributed by atoms with Gasteiger partial charge < -0.3 is 10.0 Å². The van der Waals surface area contributed by atoms with Crippen LogP contribution in [0.4, 0.5) is 0 Å². The molecule has 5 nitrogen and oxygen atoms in total. The Morgan fingerprint density at radius 2 is 2.10 bits per heavy atom. The summed E-state index contributed by atoms with van der Waals surface area (Å²) in [6.07, 6.45) is 1.46. The van der Waals surface area contributed by atoms with Crippen LogP contribution in [-0.4, -0.2) is 39.7 Å². The zero-order chi connectivity index (χ0) is 14.1. The summed E-state index contributed by atoms with van der Waals surface area (Å²) in [5.74, 6) is -0.120. The molecule has 0 aliphatic carbocycles. The van der Waals surface area contributed by atoms with E-state index in [9.17, 15) is 9.90 Å². The summed E-state index contributed by atoms with van der Waals surface area (Å²) in [5, 5.41) is 11.0. The van der Waals surface area contributed by atoms with Crippen LogP contribution in [0.15, 0.2) is 42.7 Å². The van der Waals surface area contributed by atoms with E-state index in [4.69, 9.17) is 4.84 Å². The molecule has 0 unspecified atom stereocenters. The summed E-state index contributed by atoms with van der Waals surface area (Å²) in [6.45, 7) is 5.15. The van der Waals surface area contributed by atoms with Crippen molar-refractivity contribution in [3.05, 3.63) is 48.3 Å². The third-order valence-corrected chi connectivity index (χ3v) is 3.97. The number of carbonyl (C=O) groups is 1. The third-order valence-electron chi connectivity index (χ3n) is 3.97. The highest BCUT2D eigenvalue weighted by molar-refractivity contribution is 5.74. The summed E-state index contributed by atoms with van der Waals surface area (Å²) >= 11 is 0. The van der Waals surface area contributed by atoms with Crippen molar-refractivity contribution in [3.63, 3.8) is 0 Å². The summed E-state index contributed by atoms with van der Waals surface area (Å²) in [6, 6.07) is 9.66. The standard InChI is InChI=1S/C15H18N2O3/c1-11-16-9-13(7-8-14(16)15(18)19)17(11)20-10-12-5-3-2-4-6-12/h2-6,13-14H,1,7-10H2,(H,18,19)/t13-,14+/m1/s1. The molecule has 2 aliphatic rings. The van der Waals surface area contributed by atoms with E-state index in [0.29, 0.717) is 25.4 Å². The van der Waals surface area contributed by atoms with Crippen molar-refractivity contribution in [1.82, 2.24) is 9.96 Å². The second kappa shape index (κ2) is 5.17. The molecule has 1 aromatic carbocycles. The fourth-order valence-electron chi connectivity index (χ4n) is 2.92. The van der Waals surface area contributed by atoms with E-state index in [2.05, 4.69) is 6.58 Å². The van der Waals surface area contributed by atoms with E-state index < -0.39 is 12.0 Å². The number of hydrogen-bond donors (Lipinski definition) is 1. The fraction of sp³-hybridized carbons (Fsp3) is 0.400. The molecule has 2 aliphatic heterocycles. The smallest absolute Gasteiger partial charge is 0.326 e. The van der Waals surface area contributed by atoms with Crippen LogP contribution < -0.4 is 0 Å². The molecule has 5 heteroatoms. The molecule has 2 bridgehead atoms. The summed E-state index contributed by atoms with van der Waals surface area (Å²) in [7, 11) is 0. The molecule has 0 aromatic heterocycles. The van der Waals surface area contributed by atoms with E-state index in [1.54, 1.807) is 5.06 Å². The lowest BCUT2D eigenvalue weighted by Gasteiger charge is -2.28. The highest BCUT2D eigenvalue weighted by atomic mass is 16.7. The lowest BCUT2D eigenvalue weighted by Crippen LogP contribution is -2.42. The van der Waals surface area contributed by atoms with E-state index in [0.717, 1.165) is 12.0 Å². The van der Waals surface area contributed by atoms with Crippen LogP contribution in [0.25, 0.3) is 0 Å². The second-order valence-corrected chi connectivity index (χ2v) is 5.24. The zero-order valence-electron chi connectivity index (χ0n) is 11.2. The van der Waals surface area contributed by atoms with Crippen LogP contribution in [0.1, 0.15) is 18.4 Å². The van der Waals surface area contributed by atoms with Gasteiger partial charge >= 0.3 is 5.97 Å². The molecular formula is C15H18N2O3. The number of carboxylic acids is 1. The van der Waals surface area contributed by atoms with Gasteiger partial charge in [-0.2, -0.15) is 0 Å². The maximum atomic E-state index is 11.2. The van der Waals surface area contributed by atoms with Gasteiger partial charge in [-0.1, -0.05) is 36.9 Å². The Bertz CT molecular complexity index is 517. The van der Waals surface area contributed by atoms with Gasteiger partial charge in [0.25, 0.3) is 0 Å². The minimum atomic E-state index is -0.783. The molecule has 3 rings (SSSR count). The molecule has 0 amide bonds. The van der Waals surface area contributed by atoms with Gasteiger partial charge in [0.1, 0.15) is 11.9 Å². The Kier molecular flexibility index (Phi) is 3.36. The molecule has 1 aromatic rings. The molecule has 0 saturated carbocycles. The minimum absolute atomic E-state index is 0.210. The summed E-state index contributed by atoms with van der Waals surface area (Å²) in [4.78, 5) is 18.9. The van der Waals surface area contributed by atoms with Gasteiger partial charge in [0.15, 0.2) is 0 Å². The lowest BCUT2D eigenvalue weighted by molar-refractivity contribution is -0.156. The first-order chi connectivity index (χ1) is 9.66. The molecule has 0 radical (unpaired) electrons. The van der Waals surface area contributed by atoms with Gasteiger partial charge in [-0.25, -0.2) is 9.86 Å². The predicted molar refractivity (Wildman–Crippen MR) is 73.4 cm³/mol. The van der Waals surface area contributed by atoms with E-state index in [1.807, 2.05) is 35.2 Å². The van der Waals surface area contributed by atoms with Crippen molar-refractivity contribution in [2.45, 2.75) is 31.5 Å². The molecule has 2 fully saturated rings. The maximum Gasteiger partial charge on any atom is 0.326 e. The first-order valence-corrected chi connectivity index (χ1v) is 6.81. The van der Waals surface area contributed by atoms with Crippen molar-refractivity contribution >= 4 is 5.97 Å². The Labute approximate surface area is 118 Å². The van der Waals surface area contributed by atoms with Gasteiger partial charge in [0.05, 0.1) is 12.6 Å². The normalized spacial score (nSPS) is 25.1. The van der Waals surface area contributed by atoms with Crippen LogP contribution in [-0.2, 0) is 16.2 Å². The second-order valence-electron chi connectivity index (χ2n) is 5.24. The average Bonchev–Trinajstić information content (AvgIpc) is 2.70. The number of fused-ring (bicyclic) bond motifs is 2. The number of piperidine rings is 1. The predicted octanol–water partition coefficient (Wildman–Crippen LogP) is 1.82. The van der Waals surface area contributed by atoms with Crippen LogP contribution in [0, 0.1) is 0 Å². The average molecular weight is 274 g/mol. The SMILES string of the molecule is C=C1N2C[C@@H](CC[C@H]2C(=O)O)N1OCc1ccccc1. The molecule has 0 spiro atoms. The topological polar surface area (TPSA) is 53.0 Å². The van der Waals surface area contributed by atoms with Gasteiger partial charge in [-0.3, -0.25) is 4.84 Å². The van der Waals surface area contributed by atoms with Crippen LogP contribution >= 0.6 is 0 Å². The quantitative estimate of drug-likeness (QED) is 0.907. The monoisotopic (exact) mass is 274 g/mol. The Morgan fingerprint density at radius 1 is 1.35 bits per heavy atom. The molecule has 1 N–H and O–H groups in total. The third kappa shape index (κ3) is 2.25. The van der Waals surface area contributed by atoms with Gasteiger partial charge in [-0.05, 0) is 18.4 Å². The summed E-state index contributed by atoms with van der Waals surface area (Å²) < 4.78 is 0. The fourth-order valence-corrected chi connectivity index (χ4v) is 2.92. The lowest BCUT2D eigenvalue weighted by atomic mass is 10.0. The van der Waals surface area contributed by atoms with Crippen molar-refractivity contribution in [2.24, 2.45) is 0 Å². The highest BCUT2D eigenvalue weighted by Gasteiger charge is 2.44. The zero-order valence-corrected chi connectivity index (χ0v) is 11.2. The first-order valence-electron chi connectivity index (χ1n) is 6.81. The highest BCUT2D eigenvalue weighted by Crippen LogP contribution is 2.34. The number of hydrogen-bond acceptors (Lipinski definition) is 4. The summed E-state index contributed by atoms with van der Waals surface area (Å²) in [5.41, 5.74) is 1.09. The molecule has 2 heterocycles. The van der Waals surface area contributed by atoms with Crippen molar-refractivity contribution < 1.29 is 14.7 Å². The van der Waals surface area contributed by atoms with Gasteiger partial charge in [-0.15, -0.1) is 0 Å². The molecule has 2 saturated heterocycles. The van der Waals surface area contributed by atoms with Crippen LogP contribution in [0.5, 0.6) is 0 Å². The van der Waals surface area contributed by atoms with Crippen LogP contribution in [0.3, 0.4) is 0 Å². The maximum absolute atomic E-state index is 11.2. The molecule has 20 heavy (non-hydrogen) atoms. The van der Waals surface area contributed by atoms with Crippen molar-refractivity contribution in [2.75, 3.05) is 6.54 Å². The Hall–Kier alpha value is -2.01.